The number of aryl methyl sites for hydroxylation is 1. The third-order valence-corrected chi connectivity index (χ3v) is 3.36. The molecule has 1 amide bonds. The number of hydrogen-bond donors (Lipinski definition) is 3. The average molecular weight is 343 g/mol. The van der Waals surface area contributed by atoms with Crippen molar-refractivity contribution in [2.75, 3.05) is 18.4 Å². The molecule has 1 aromatic heterocycles. The summed E-state index contributed by atoms with van der Waals surface area (Å²) in [7, 11) is 0. The second kappa shape index (κ2) is 9.36. The Morgan fingerprint density at radius 1 is 1.28 bits per heavy atom. The van der Waals surface area contributed by atoms with Gasteiger partial charge in [-0.25, -0.2) is 9.38 Å². The highest BCUT2D eigenvalue weighted by Gasteiger charge is 2.05. The van der Waals surface area contributed by atoms with Crippen molar-refractivity contribution in [3.63, 3.8) is 0 Å². The van der Waals surface area contributed by atoms with Crippen LogP contribution in [-0.4, -0.2) is 29.9 Å². The summed E-state index contributed by atoms with van der Waals surface area (Å²) in [6.07, 6.45) is 3.21. The Bertz CT molecular complexity index is 734. The Morgan fingerprint density at radius 2 is 2.12 bits per heavy atom. The predicted octanol–water partition coefficient (Wildman–Crippen LogP) is 2.22. The van der Waals surface area contributed by atoms with E-state index in [1.54, 1.807) is 37.5 Å². The van der Waals surface area contributed by atoms with Crippen molar-refractivity contribution in [1.29, 1.82) is 0 Å². The number of aromatic nitrogens is 1. The number of amides is 1. The smallest absolute Gasteiger partial charge is 0.243 e. The lowest BCUT2D eigenvalue weighted by atomic mass is 10.1. The molecule has 0 unspecified atom stereocenters. The van der Waals surface area contributed by atoms with Crippen molar-refractivity contribution in [3.8, 4) is 0 Å². The first kappa shape index (κ1) is 18.4. The summed E-state index contributed by atoms with van der Waals surface area (Å²) in [4.78, 5) is 20.2. The first-order chi connectivity index (χ1) is 12.1. The minimum atomic E-state index is -0.249. The molecule has 0 saturated heterocycles. The standard InChI is InChI=1S/C18H22FN5O/c1-3-21-18(22-10-14-7-6-13(2)16(19)9-14)23-12-17(25)24-15-5-4-8-20-11-15/h4-9,11H,3,10,12H2,1-2H3,(H,24,25)(H2,21,22,23). The Labute approximate surface area is 146 Å². The van der Waals surface area contributed by atoms with E-state index in [9.17, 15) is 9.18 Å². The van der Waals surface area contributed by atoms with E-state index in [0.717, 1.165) is 5.56 Å². The van der Waals surface area contributed by atoms with E-state index < -0.39 is 0 Å². The van der Waals surface area contributed by atoms with Crippen molar-refractivity contribution in [2.45, 2.75) is 20.4 Å². The normalized spacial score (nSPS) is 11.1. The molecule has 0 fully saturated rings. The van der Waals surface area contributed by atoms with Gasteiger partial charge in [0, 0.05) is 12.7 Å². The summed E-state index contributed by atoms with van der Waals surface area (Å²) in [5, 5.41) is 8.73. The van der Waals surface area contributed by atoms with E-state index in [1.807, 2.05) is 13.0 Å². The maximum atomic E-state index is 13.6. The fourth-order valence-electron chi connectivity index (χ4n) is 2.05. The summed E-state index contributed by atoms with van der Waals surface area (Å²) in [6, 6.07) is 8.53. The minimum absolute atomic E-state index is 0.0585. The minimum Gasteiger partial charge on any atom is -0.357 e. The second-order valence-electron chi connectivity index (χ2n) is 5.42. The van der Waals surface area contributed by atoms with E-state index in [1.165, 1.54) is 6.07 Å². The number of halogens is 1. The fourth-order valence-corrected chi connectivity index (χ4v) is 2.05. The van der Waals surface area contributed by atoms with Crippen molar-refractivity contribution >= 4 is 17.6 Å². The zero-order valence-corrected chi connectivity index (χ0v) is 14.3. The summed E-state index contributed by atoms with van der Waals surface area (Å²) >= 11 is 0. The quantitative estimate of drug-likeness (QED) is 0.555. The van der Waals surface area contributed by atoms with Crippen LogP contribution in [0, 0.1) is 12.7 Å². The molecule has 0 aliphatic carbocycles. The lowest BCUT2D eigenvalue weighted by molar-refractivity contribution is -0.115. The number of guanidine groups is 1. The van der Waals surface area contributed by atoms with Crippen molar-refractivity contribution in [1.82, 2.24) is 15.6 Å². The Kier molecular flexibility index (Phi) is 6.88. The van der Waals surface area contributed by atoms with Gasteiger partial charge in [0.2, 0.25) is 5.91 Å². The van der Waals surface area contributed by atoms with Gasteiger partial charge in [-0.05, 0) is 43.2 Å². The van der Waals surface area contributed by atoms with Gasteiger partial charge >= 0.3 is 0 Å². The van der Waals surface area contributed by atoms with Crippen LogP contribution < -0.4 is 16.0 Å². The van der Waals surface area contributed by atoms with Gasteiger partial charge in [-0.1, -0.05) is 12.1 Å². The Hall–Kier alpha value is -2.96. The first-order valence-corrected chi connectivity index (χ1v) is 8.05. The largest absolute Gasteiger partial charge is 0.357 e. The van der Waals surface area contributed by atoms with Gasteiger partial charge in [-0.2, -0.15) is 0 Å². The average Bonchev–Trinajstić information content (AvgIpc) is 2.61. The molecule has 6 nitrogen and oxygen atoms in total. The SMILES string of the molecule is CCNC(=NCc1ccc(C)c(F)c1)NCC(=O)Nc1cccnc1. The molecule has 0 spiro atoms. The number of aliphatic imine (C=N–C) groups is 1. The van der Waals surface area contributed by atoms with E-state index in [-0.39, 0.29) is 18.3 Å². The predicted molar refractivity (Wildman–Crippen MR) is 96.8 cm³/mol. The van der Waals surface area contributed by atoms with E-state index >= 15 is 0 Å². The van der Waals surface area contributed by atoms with Gasteiger partial charge in [0.15, 0.2) is 5.96 Å². The molecule has 1 heterocycles. The van der Waals surface area contributed by atoms with Crippen molar-refractivity contribution in [3.05, 3.63) is 59.7 Å². The third-order valence-electron chi connectivity index (χ3n) is 3.36. The molecule has 0 radical (unpaired) electrons. The monoisotopic (exact) mass is 343 g/mol. The summed E-state index contributed by atoms with van der Waals surface area (Å²) in [5.74, 6) is 0.0336. The van der Waals surface area contributed by atoms with Crippen LogP contribution in [0.5, 0.6) is 0 Å². The molecule has 3 N–H and O–H groups in total. The van der Waals surface area contributed by atoms with Crippen LogP contribution in [0.15, 0.2) is 47.7 Å². The lowest BCUT2D eigenvalue weighted by Crippen LogP contribution is -2.41. The molecule has 7 heteroatoms. The lowest BCUT2D eigenvalue weighted by Gasteiger charge is -2.11. The van der Waals surface area contributed by atoms with Crippen molar-refractivity contribution < 1.29 is 9.18 Å². The van der Waals surface area contributed by atoms with Gasteiger partial charge in [0.05, 0.1) is 25.0 Å². The number of hydrogen-bond acceptors (Lipinski definition) is 3. The molecule has 25 heavy (non-hydrogen) atoms. The molecular formula is C18H22FN5O. The number of benzene rings is 1. The number of carbonyl (C=O) groups is 1. The number of pyridine rings is 1. The Balaban J connectivity index is 1.90. The molecule has 1 aromatic carbocycles. The van der Waals surface area contributed by atoms with Crippen LogP contribution in [0.3, 0.4) is 0 Å². The highest BCUT2D eigenvalue weighted by atomic mass is 19.1. The van der Waals surface area contributed by atoms with E-state index in [4.69, 9.17) is 0 Å². The number of nitrogens with zero attached hydrogens (tertiary/aromatic N) is 2. The molecule has 0 aliphatic rings. The van der Waals surface area contributed by atoms with Crippen LogP contribution in [-0.2, 0) is 11.3 Å². The van der Waals surface area contributed by atoms with Gasteiger partial charge in [-0.3, -0.25) is 9.78 Å². The summed E-state index contributed by atoms with van der Waals surface area (Å²) in [6.45, 7) is 4.67. The second-order valence-corrected chi connectivity index (χ2v) is 5.42. The van der Waals surface area contributed by atoms with Gasteiger partial charge < -0.3 is 16.0 Å². The summed E-state index contributed by atoms with van der Waals surface area (Å²) < 4.78 is 13.6. The molecule has 2 aromatic rings. The highest BCUT2D eigenvalue weighted by molar-refractivity contribution is 5.94. The first-order valence-electron chi connectivity index (χ1n) is 8.05. The molecule has 0 aliphatic heterocycles. The number of nitrogens with one attached hydrogen (secondary N) is 3. The van der Waals surface area contributed by atoms with E-state index in [0.29, 0.717) is 30.3 Å². The molecule has 0 atom stereocenters. The molecular weight excluding hydrogens is 321 g/mol. The van der Waals surface area contributed by atoms with Crippen LogP contribution in [0.1, 0.15) is 18.1 Å². The molecule has 2 rings (SSSR count). The van der Waals surface area contributed by atoms with E-state index in [2.05, 4.69) is 25.9 Å². The molecule has 0 saturated carbocycles. The fraction of sp³-hybridized carbons (Fsp3) is 0.278. The van der Waals surface area contributed by atoms with Crippen LogP contribution in [0.4, 0.5) is 10.1 Å². The van der Waals surface area contributed by atoms with Gasteiger partial charge in [0.25, 0.3) is 0 Å². The van der Waals surface area contributed by atoms with Gasteiger partial charge in [-0.15, -0.1) is 0 Å². The Morgan fingerprint density at radius 3 is 2.80 bits per heavy atom. The highest BCUT2D eigenvalue weighted by Crippen LogP contribution is 2.10. The number of carbonyl (C=O) groups excluding carboxylic acids is 1. The van der Waals surface area contributed by atoms with Crippen molar-refractivity contribution in [2.24, 2.45) is 4.99 Å². The molecule has 132 valence electrons. The number of rotatable bonds is 6. The third kappa shape index (κ3) is 6.21. The summed E-state index contributed by atoms with van der Waals surface area (Å²) in [5.41, 5.74) is 2.00. The van der Waals surface area contributed by atoms with Crippen LogP contribution in [0.25, 0.3) is 0 Å². The zero-order valence-electron chi connectivity index (χ0n) is 14.3. The van der Waals surface area contributed by atoms with Gasteiger partial charge in [0.1, 0.15) is 5.82 Å². The molecule has 0 bridgehead atoms. The van der Waals surface area contributed by atoms with Crippen LogP contribution in [0.2, 0.25) is 0 Å². The van der Waals surface area contributed by atoms with Crippen LogP contribution >= 0.6 is 0 Å². The topological polar surface area (TPSA) is 78.4 Å². The number of anilines is 1. The maximum absolute atomic E-state index is 13.6. The maximum Gasteiger partial charge on any atom is 0.243 e. The zero-order chi connectivity index (χ0) is 18.1.